The van der Waals surface area contributed by atoms with E-state index in [0.29, 0.717) is 12.1 Å². The summed E-state index contributed by atoms with van der Waals surface area (Å²) in [7, 11) is 0. The largest absolute Gasteiger partial charge is 0.345 e. The third kappa shape index (κ3) is 2.96. The second kappa shape index (κ2) is 5.44. The predicted molar refractivity (Wildman–Crippen MR) is 66.5 cm³/mol. The van der Waals surface area contributed by atoms with Crippen LogP contribution in [0.15, 0.2) is 29.0 Å². The molecular formula is C13H10F3NOS. The van der Waals surface area contributed by atoms with Crippen molar-refractivity contribution in [1.29, 1.82) is 0 Å². The van der Waals surface area contributed by atoms with Crippen LogP contribution in [0.3, 0.4) is 0 Å². The van der Waals surface area contributed by atoms with Gasteiger partial charge in [-0.2, -0.15) is 11.3 Å². The molecule has 6 heteroatoms. The first-order chi connectivity index (χ1) is 8.99. The minimum Gasteiger partial charge on any atom is -0.345 e. The zero-order chi connectivity index (χ0) is 14.0. The first-order valence-corrected chi connectivity index (χ1v) is 6.41. The lowest BCUT2D eigenvalue weighted by atomic mass is 10.1. The fourth-order valence-electron chi connectivity index (χ4n) is 1.57. The number of hydrogen-bond acceptors (Lipinski definition) is 2. The highest BCUT2D eigenvalue weighted by Gasteiger charge is 2.17. The zero-order valence-electron chi connectivity index (χ0n) is 9.91. The summed E-state index contributed by atoms with van der Waals surface area (Å²) in [6, 6.07) is 2.89. The van der Waals surface area contributed by atoms with Gasteiger partial charge in [0.25, 0.3) is 5.91 Å². The van der Waals surface area contributed by atoms with Gasteiger partial charge in [-0.25, -0.2) is 13.2 Å². The van der Waals surface area contributed by atoms with Crippen LogP contribution in [0.2, 0.25) is 0 Å². The van der Waals surface area contributed by atoms with Crippen LogP contribution < -0.4 is 5.32 Å². The molecule has 1 amide bonds. The van der Waals surface area contributed by atoms with Gasteiger partial charge in [-0.05, 0) is 41.4 Å². The van der Waals surface area contributed by atoms with Crippen molar-refractivity contribution in [2.75, 3.05) is 0 Å². The molecule has 2 rings (SSSR count). The summed E-state index contributed by atoms with van der Waals surface area (Å²) in [6.45, 7) is 1.75. The van der Waals surface area contributed by atoms with E-state index in [0.717, 1.165) is 5.56 Å². The Hall–Kier alpha value is -1.82. The standard InChI is InChI=1S/C13H10F3NOS/c1-7(8-2-3-19-6-8)17-13(18)9-4-10(14)12(16)11(15)5-9/h2-7H,1H3,(H,17,18). The molecule has 0 aliphatic heterocycles. The smallest absolute Gasteiger partial charge is 0.251 e. The highest BCUT2D eigenvalue weighted by molar-refractivity contribution is 7.07. The molecule has 1 heterocycles. The molecule has 0 saturated carbocycles. The average molecular weight is 285 g/mol. The van der Waals surface area contributed by atoms with Crippen LogP contribution in [0.5, 0.6) is 0 Å². The summed E-state index contributed by atoms with van der Waals surface area (Å²) >= 11 is 1.48. The van der Waals surface area contributed by atoms with Crippen LogP contribution in [0, 0.1) is 17.5 Å². The van der Waals surface area contributed by atoms with Gasteiger partial charge in [0.05, 0.1) is 6.04 Å². The van der Waals surface area contributed by atoms with Crippen molar-refractivity contribution in [3.05, 3.63) is 57.5 Å². The molecule has 1 atom stereocenters. The molecule has 0 radical (unpaired) electrons. The van der Waals surface area contributed by atoms with Gasteiger partial charge in [-0.15, -0.1) is 0 Å². The second-order valence-corrected chi connectivity index (χ2v) is 4.79. The Morgan fingerprint density at radius 3 is 2.42 bits per heavy atom. The molecule has 0 bridgehead atoms. The van der Waals surface area contributed by atoms with Crippen LogP contribution >= 0.6 is 11.3 Å². The molecular weight excluding hydrogens is 275 g/mol. The summed E-state index contributed by atoms with van der Waals surface area (Å²) in [5.41, 5.74) is 0.639. The fourth-order valence-corrected chi connectivity index (χ4v) is 2.33. The number of thiophene rings is 1. The minimum atomic E-state index is -1.58. The number of amides is 1. The molecule has 1 aromatic heterocycles. The number of nitrogens with one attached hydrogen (secondary N) is 1. The van der Waals surface area contributed by atoms with E-state index in [2.05, 4.69) is 5.32 Å². The molecule has 0 aliphatic carbocycles. The van der Waals surface area contributed by atoms with Gasteiger partial charge in [0, 0.05) is 5.56 Å². The van der Waals surface area contributed by atoms with E-state index in [1.54, 1.807) is 6.92 Å². The maximum absolute atomic E-state index is 13.0. The van der Waals surface area contributed by atoms with Crippen LogP contribution in [0.1, 0.15) is 28.9 Å². The highest BCUT2D eigenvalue weighted by Crippen LogP contribution is 2.18. The molecule has 100 valence electrons. The molecule has 0 spiro atoms. The topological polar surface area (TPSA) is 29.1 Å². The molecule has 0 aliphatic rings. The fraction of sp³-hybridized carbons (Fsp3) is 0.154. The summed E-state index contributed by atoms with van der Waals surface area (Å²) in [5, 5.41) is 6.30. The average Bonchev–Trinajstić information content (AvgIpc) is 2.89. The van der Waals surface area contributed by atoms with Crippen molar-refractivity contribution < 1.29 is 18.0 Å². The van der Waals surface area contributed by atoms with E-state index in [1.807, 2.05) is 16.8 Å². The summed E-state index contributed by atoms with van der Waals surface area (Å²) in [5.74, 6) is -5.00. The first-order valence-electron chi connectivity index (χ1n) is 5.46. The van der Waals surface area contributed by atoms with Crippen molar-refractivity contribution in [1.82, 2.24) is 5.32 Å². The molecule has 2 nitrogen and oxygen atoms in total. The van der Waals surface area contributed by atoms with Crippen LogP contribution in [0.25, 0.3) is 0 Å². The Balaban J connectivity index is 2.16. The molecule has 1 N–H and O–H groups in total. The maximum atomic E-state index is 13.0. The third-order valence-corrected chi connectivity index (χ3v) is 3.34. The maximum Gasteiger partial charge on any atom is 0.251 e. The van der Waals surface area contributed by atoms with Gasteiger partial charge in [0.2, 0.25) is 0 Å². The van der Waals surface area contributed by atoms with E-state index >= 15 is 0 Å². The SMILES string of the molecule is CC(NC(=O)c1cc(F)c(F)c(F)c1)c1ccsc1. The molecule has 19 heavy (non-hydrogen) atoms. The van der Waals surface area contributed by atoms with Gasteiger partial charge in [0.15, 0.2) is 17.5 Å². The van der Waals surface area contributed by atoms with Crippen LogP contribution in [-0.4, -0.2) is 5.91 Å². The van der Waals surface area contributed by atoms with Gasteiger partial charge in [0.1, 0.15) is 0 Å². The predicted octanol–water partition coefficient (Wildman–Crippen LogP) is 3.66. The summed E-state index contributed by atoms with van der Waals surface area (Å²) in [6.07, 6.45) is 0. The number of rotatable bonds is 3. The number of halogens is 3. The normalized spacial score (nSPS) is 12.2. The van der Waals surface area contributed by atoms with E-state index in [1.165, 1.54) is 11.3 Å². The van der Waals surface area contributed by atoms with Crippen molar-refractivity contribution in [2.24, 2.45) is 0 Å². The number of carbonyl (C=O) groups is 1. The molecule has 2 aromatic rings. The van der Waals surface area contributed by atoms with Crippen molar-refractivity contribution >= 4 is 17.2 Å². The minimum absolute atomic E-state index is 0.251. The Kier molecular flexibility index (Phi) is 3.90. The van der Waals surface area contributed by atoms with Gasteiger partial charge >= 0.3 is 0 Å². The molecule has 0 fully saturated rings. The quantitative estimate of drug-likeness (QED) is 0.857. The molecule has 1 unspecified atom stereocenters. The highest BCUT2D eigenvalue weighted by atomic mass is 32.1. The van der Waals surface area contributed by atoms with E-state index in [4.69, 9.17) is 0 Å². The second-order valence-electron chi connectivity index (χ2n) is 4.01. The first kappa shape index (κ1) is 13.6. The molecule has 1 aromatic carbocycles. The lowest BCUT2D eigenvalue weighted by Gasteiger charge is -2.12. The van der Waals surface area contributed by atoms with E-state index < -0.39 is 23.4 Å². The van der Waals surface area contributed by atoms with Crippen LogP contribution in [0.4, 0.5) is 13.2 Å². The van der Waals surface area contributed by atoms with Gasteiger partial charge < -0.3 is 5.32 Å². The Labute approximate surface area is 111 Å². The van der Waals surface area contributed by atoms with Crippen LogP contribution in [-0.2, 0) is 0 Å². The summed E-state index contributed by atoms with van der Waals surface area (Å²) in [4.78, 5) is 11.8. The van der Waals surface area contributed by atoms with Crippen molar-refractivity contribution in [3.63, 3.8) is 0 Å². The lowest BCUT2D eigenvalue weighted by Crippen LogP contribution is -2.26. The Morgan fingerprint density at radius 2 is 1.89 bits per heavy atom. The molecule has 0 saturated heterocycles. The number of carbonyl (C=O) groups excluding carboxylic acids is 1. The summed E-state index contributed by atoms with van der Waals surface area (Å²) < 4.78 is 38.8. The third-order valence-electron chi connectivity index (χ3n) is 2.64. The van der Waals surface area contributed by atoms with Crippen molar-refractivity contribution in [2.45, 2.75) is 13.0 Å². The van der Waals surface area contributed by atoms with Crippen molar-refractivity contribution in [3.8, 4) is 0 Å². The van der Waals surface area contributed by atoms with Gasteiger partial charge in [-0.1, -0.05) is 0 Å². The van der Waals surface area contributed by atoms with E-state index in [-0.39, 0.29) is 11.6 Å². The Morgan fingerprint density at radius 1 is 1.26 bits per heavy atom. The lowest BCUT2D eigenvalue weighted by molar-refractivity contribution is 0.0938. The monoisotopic (exact) mass is 285 g/mol. The Bertz CT molecular complexity index is 575. The number of benzene rings is 1. The zero-order valence-corrected chi connectivity index (χ0v) is 10.7. The van der Waals surface area contributed by atoms with E-state index in [9.17, 15) is 18.0 Å². The number of hydrogen-bond donors (Lipinski definition) is 1. The van der Waals surface area contributed by atoms with Gasteiger partial charge in [-0.3, -0.25) is 4.79 Å².